The molecule has 1 aliphatic rings. The lowest BCUT2D eigenvalue weighted by atomic mass is 9.95. The first-order valence-electron chi connectivity index (χ1n) is 12.0. The van der Waals surface area contributed by atoms with Gasteiger partial charge in [0.2, 0.25) is 0 Å². The second-order valence-electron chi connectivity index (χ2n) is 8.82. The van der Waals surface area contributed by atoms with Gasteiger partial charge in [-0.3, -0.25) is 0 Å². The number of rotatable bonds is 8. The predicted octanol–water partition coefficient (Wildman–Crippen LogP) is 6.60. The Kier molecular flexibility index (Phi) is 7.24. The highest BCUT2D eigenvalue weighted by Crippen LogP contribution is 2.37. The molecule has 1 fully saturated rings. The standard InChI is InChI=1S/C30H26ClNO5/c1-35-28-12-6-21(18-26(28)29(33)34)13-14-30(36-15-16-37-30)23-4-2-3-20(17-23)5-10-25-11-8-22-7-9-24(31)19-27(22)32-25/h2-12,17-19H,13-16H2,1H3,(H,33,34)/b10-5+. The summed E-state index contributed by atoms with van der Waals surface area (Å²) in [5.41, 5.74) is 4.59. The van der Waals surface area contributed by atoms with Gasteiger partial charge in [-0.2, -0.15) is 0 Å². The second kappa shape index (κ2) is 10.7. The van der Waals surface area contributed by atoms with E-state index in [4.69, 9.17) is 25.8 Å². The maximum absolute atomic E-state index is 11.6. The highest BCUT2D eigenvalue weighted by molar-refractivity contribution is 6.31. The third-order valence-electron chi connectivity index (χ3n) is 6.44. The summed E-state index contributed by atoms with van der Waals surface area (Å²) in [5, 5.41) is 11.2. The van der Waals surface area contributed by atoms with Crippen molar-refractivity contribution in [2.24, 2.45) is 0 Å². The van der Waals surface area contributed by atoms with Gasteiger partial charge in [0, 0.05) is 22.4 Å². The summed E-state index contributed by atoms with van der Waals surface area (Å²) in [7, 11) is 1.46. The number of hydrogen-bond donors (Lipinski definition) is 1. The molecule has 0 aliphatic carbocycles. The quantitative estimate of drug-likeness (QED) is 0.285. The molecule has 1 N–H and O–H groups in total. The number of aromatic carboxylic acids is 1. The van der Waals surface area contributed by atoms with Gasteiger partial charge >= 0.3 is 5.97 Å². The van der Waals surface area contributed by atoms with E-state index >= 15 is 0 Å². The van der Waals surface area contributed by atoms with Gasteiger partial charge in [-0.05, 0) is 60.0 Å². The van der Waals surface area contributed by atoms with E-state index in [0.29, 0.717) is 36.8 Å². The monoisotopic (exact) mass is 515 g/mol. The molecule has 1 aliphatic heterocycles. The van der Waals surface area contributed by atoms with Crippen LogP contribution < -0.4 is 4.74 Å². The molecule has 0 spiro atoms. The van der Waals surface area contributed by atoms with Gasteiger partial charge in [-0.15, -0.1) is 0 Å². The average Bonchev–Trinajstić information content (AvgIpc) is 3.41. The van der Waals surface area contributed by atoms with E-state index in [1.165, 1.54) is 7.11 Å². The van der Waals surface area contributed by atoms with Crippen molar-refractivity contribution in [2.45, 2.75) is 18.6 Å². The van der Waals surface area contributed by atoms with E-state index in [9.17, 15) is 9.90 Å². The Morgan fingerprint density at radius 1 is 1.05 bits per heavy atom. The van der Waals surface area contributed by atoms with Crippen LogP contribution in [0, 0.1) is 0 Å². The third kappa shape index (κ3) is 5.52. The Morgan fingerprint density at radius 3 is 2.65 bits per heavy atom. The highest BCUT2D eigenvalue weighted by Gasteiger charge is 2.38. The third-order valence-corrected chi connectivity index (χ3v) is 6.67. The maximum atomic E-state index is 11.6. The van der Waals surface area contributed by atoms with Crippen molar-refractivity contribution in [3.05, 3.63) is 106 Å². The summed E-state index contributed by atoms with van der Waals surface area (Å²) >= 11 is 6.12. The largest absolute Gasteiger partial charge is 0.496 e. The number of carboxylic acids is 1. The predicted molar refractivity (Wildman–Crippen MR) is 144 cm³/mol. The highest BCUT2D eigenvalue weighted by atomic mass is 35.5. The molecule has 0 unspecified atom stereocenters. The summed E-state index contributed by atoms with van der Waals surface area (Å²) in [5.74, 6) is -1.58. The Bertz CT molecular complexity index is 1480. The molecule has 37 heavy (non-hydrogen) atoms. The summed E-state index contributed by atoms with van der Waals surface area (Å²) in [6.07, 6.45) is 5.09. The fourth-order valence-corrected chi connectivity index (χ4v) is 4.72. The Balaban J connectivity index is 1.37. The first-order valence-corrected chi connectivity index (χ1v) is 12.4. The van der Waals surface area contributed by atoms with Crippen molar-refractivity contribution in [1.29, 1.82) is 0 Å². The van der Waals surface area contributed by atoms with Crippen molar-refractivity contribution >= 4 is 40.6 Å². The number of ether oxygens (including phenoxy) is 3. The fraction of sp³-hybridized carbons (Fsp3) is 0.200. The number of pyridine rings is 1. The average molecular weight is 516 g/mol. The number of carboxylic acid groups (broad SMARTS) is 1. The second-order valence-corrected chi connectivity index (χ2v) is 9.26. The summed E-state index contributed by atoms with van der Waals surface area (Å²) < 4.78 is 17.4. The first kappa shape index (κ1) is 25.0. The van der Waals surface area contributed by atoms with E-state index in [-0.39, 0.29) is 5.56 Å². The molecule has 0 saturated carbocycles. The number of nitrogens with zero attached hydrogens (tertiary/aromatic N) is 1. The number of methoxy groups -OCH3 is 1. The molecule has 1 saturated heterocycles. The number of aryl methyl sites for hydroxylation is 1. The molecule has 0 radical (unpaired) electrons. The Labute approximate surface area is 220 Å². The topological polar surface area (TPSA) is 77.9 Å². The van der Waals surface area contributed by atoms with Gasteiger partial charge in [-0.25, -0.2) is 9.78 Å². The van der Waals surface area contributed by atoms with Crippen molar-refractivity contribution in [3.63, 3.8) is 0 Å². The lowest BCUT2D eigenvalue weighted by molar-refractivity contribution is -0.170. The van der Waals surface area contributed by atoms with Crippen molar-refractivity contribution in [1.82, 2.24) is 4.98 Å². The zero-order valence-corrected chi connectivity index (χ0v) is 21.1. The zero-order chi connectivity index (χ0) is 25.8. The molecule has 0 bridgehead atoms. The molecule has 0 atom stereocenters. The van der Waals surface area contributed by atoms with Crippen LogP contribution in [0.15, 0.2) is 72.8 Å². The SMILES string of the molecule is COc1ccc(CCC2(c3cccc(/C=C/c4ccc5ccc(Cl)cc5n4)c3)OCCO2)cc1C(=O)O. The number of fused-ring (bicyclic) bond motifs is 1. The minimum absolute atomic E-state index is 0.138. The zero-order valence-electron chi connectivity index (χ0n) is 20.3. The molecule has 1 aromatic heterocycles. The number of benzene rings is 3. The fourth-order valence-electron chi connectivity index (χ4n) is 4.56. The summed E-state index contributed by atoms with van der Waals surface area (Å²) in [4.78, 5) is 16.3. The molecule has 188 valence electrons. The molecule has 7 heteroatoms. The number of aromatic nitrogens is 1. The number of halogens is 1. The van der Waals surface area contributed by atoms with Crippen molar-refractivity contribution < 1.29 is 24.1 Å². The van der Waals surface area contributed by atoms with E-state index in [1.807, 2.05) is 66.7 Å². The van der Waals surface area contributed by atoms with Crippen molar-refractivity contribution in [2.75, 3.05) is 20.3 Å². The van der Waals surface area contributed by atoms with Crippen LogP contribution in [0.4, 0.5) is 0 Å². The van der Waals surface area contributed by atoms with Crippen LogP contribution in [0.2, 0.25) is 5.02 Å². The molecule has 4 aromatic rings. The molecule has 2 heterocycles. The number of hydrogen-bond acceptors (Lipinski definition) is 5. The van der Waals surface area contributed by atoms with Crippen LogP contribution >= 0.6 is 11.6 Å². The Hall–Kier alpha value is -3.71. The molecule has 0 amide bonds. The molecular weight excluding hydrogens is 490 g/mol. The summed E-state index contributed by atoms with van der Waals surface area (Å²) in [6, 6.07) is 22.9. The molecule has 3 aromatic carbocycles. The minimum Gasteiger partial charge on any atom is -0.496 e. The summed E-state index contributed by atoms with van der Waals surface area (Å²) in [6.45, 7) is 0.985. The van der Waals surface area contributed by atoms with Gasteiger partial charge in [0.15, 0.2) is 5.79 Å². The Morgan fingerprint density at radius 2 is 1.86 bits per heavy atom. The molecule has 6 nitrogen and oxygen atoms in total. The van der Waals surface area contributed by atoms with Crippen LogP contribution in [0.3, 0.4) is 0 Å². The van der Waals surface area contributed by atoms with Crippen LogP contribution in [-0.4, -0.2) is 36.4 Å². The van der Waals surface area contributed by atoms with Gasteiger partial charge in [-0.1, -0.05) is 54.1 Å². The normalized spacial score (nSPS) is 14.9. The van der Waals surface area contributed by atoms with Gasteiger partial charge in [0.05, 0.1) is 31.5 Å². The van der Waals surface area contributed by atoms with E-state index in [0.717, 1.165) is 33.3 Å². The lowest BCUT2D eigenvalue weighted by Gasteiger charge is -2.28. The van der Waals surface area contributed by atoms with Crippen molar-refractivity contribution in [3.8, 4) is 5.75 Å². The number of carbonyl (C=O) groups is 1. The smallest absolute Gasteiger partial charge is 0.339 e. The van der Waals surface area contributed by atoms with Gasteiger partial charge in [0.25, 0.3) is 0 Å². The van der Waals surface area contributed by atoms with E-state index in [1.54, 1.807) is 12.1 Å². The lowest BCUT2D eigenvalue weighted by Crippen LogP contribution is -2.28. The molecule has 5 rings (SSSR count). The van der Waals surface area contributed by atoms with Crippen LogP contribution in [0.25, 0.3) is 23.1 Å². The first-order chi connectivity index (χ1) is 18.0. The van der Waals surface area contributed by atoms with Gasteiger partial charge in [0.1, 0.15) is 11.3 Å². The molecular formula is C30H26ClNO5. The minimum atomic E-state index is -1.02. The van der Waals surface area contributed by atoms with E-state index in [2.05, 4.69) is 11.1 Å². The van der Waals surface area contributed by atoms with Crippen LogP contribution in [0.1, 0.15) is 39.2 Å². The maximum Gasteiger partial charge on any atom is 0.339 e. The van der Waals surface area contributed by atoms with Gasteiger partial charge < -0.3 is 19.3 Å². The van der Waals surface area contributed by atoms with Crippen LogP contribution in [0.5, 0.6) is 5.75 Å². The van der Waals surface area contributed by atoms with E-state index < -0.39 is 11.8 Å². The van der Waals surface area contributed by atoms with Crippen LogP contribution in [-0.2, 0) is 21.7 Å².